The molecule has 58 valence electrons. The summed E-state index contributed by atoms with van der Waals surface area (Å²) >= 11 is 0. The molecule has 1 aliphatic heterocycles. The molecule has 1 amide bonds. The minimum atomic E-state index is -1.08. The van der Waals surface area contributed by atoms with Crippen LogP contribution in [-0.4, -0.2) is 41.7 Å². The number of carbonyl (C=O) groups is 1. The molecule has 0 saturated carbocycles. The van der Waals surface area contributed by atoms with Crippen LogP contribution in [0.5, 0.6) is 0 Å². The fourth-order valence-electron chi connectivity index (χ4n) is 0.802. The first-order valence-corrected chi connectivity index (χ1v) is 2.96. The molecule has 10 heavy (non-hydrogen) atoms. The Morgan fingerprint density at radius 3 is 2.80 bits per heavy atom. The average Bonchev–Trinajstić information content (AvgIpc) is 1.82. The first-order valence-electron chi connectivity index (χ1n) is 2.96. The molecule has 3 N–H and O–H groups in total. The standard InChI is InChI=1S/C5H9NO4/c7-1-4-3(2-10-4)6-5(8)9/h3-4,6-7H,1-2H2,(H,8,9)/t3-,4+/m0/s1. The fourth-order valence-corrected chi connectivity index (χ4v) is 0.802. The second kappa shape index (κ2) is 2.85. The molecule has 2 atom stereocenters. The lowest BCUT2D eigenvalue weighted by molar-refractivity contribution is -0.107. The summed E-state index contributed by atoms with van der Waals surface area (Å²) in [6.07, 6.45) is -1.43. The van der Waals surface area contributed by atoms with Crippen molar-refractivity contribution in [3.8, 4) is 0 Å². The number of carboxylic acid groups (broad SMARTS) is 1. The highest BCUT2D eigenvalue weighted by molar-refractivity contribution is 5.65. The molecular weight excluding hydrogens is 138 g/mol. The number of aliphatic hydroxyl groups excluding tert-OH is 1. The normalized spacial score (nSPS) is 30.9. The molecule has 0 radical (unpaired) electrons. The van der Waals surface area contributed by atoms with E-state index >= 15 is 0 Å². The maximum absolute atomic E-state index is 10.0. The van der Waals surface area contributed by atoms with Crippen LogP contribution in [0.1, 0.15) is 0 Å². The molecule has 0 aliphatic carbocycles. The second-order valence-corrected chi connectivity index (χ2v) is 2.11. The molecule has 0 aromatic heterocycles. The van der Waals surface area contributed by atoms with E-state index in [0.29, 0.717) is 6.61 Å². The van der Waals surface area contributed by atoms with Crippen LogP contribution in [0.2, 0.25) is 0 Å². The Bertz CT molecular complexity index is 136. The van der Waals surface area contributed by atoms with Crippen molar-refractivity contribution < 1.29 is 19.7 Å². The van der Waals surface area contributed by atoms with E-state index in [4.69, 9.17) is 14.9 Å². The monoisotopic (exact) mass is 147 g/mol. The highest BCUT2D eigenvalue weighted by atomic mass is 16.5. The lowest BCUT2D eigenvalue weighted by Crippen LogP contribution is -2.57. The van der Waals surface area contributed by atoms with E-state index in [1.807, 2.05) is 0 Å². The predicted octanol–water partition coefficient (Wildman–Crippen LogP) is -0.986. The van der Waals surface area contributed by atoms with Crippen LogP contribution in [0.15, 0.2) is 0 Å². The van der Waals surface area contributed by atoms with Gasteiger partial charge in [-0.15, -0.1) is 0 Å². The summed E-state index contributed by atoms with van der Waals surface area (Å²) in [6.45, 7) is 0.225. The van der Waals surface area contributed by atoms with Crippen LogP contribution in [0.4, 0.5) is 4.79 Å². The van der Waals surface area contributed by atoms with Crippen molar-refractivity contribution in [2.45, 2.75) is 12.1 Å². The van der Waals surface area contributed by atoms with Crippen molar-refractivity contribution in [3.05, 3.63) is 0 Å². The highest BCUT2D eigenvalue weighted by Gasteiger charge is 2.32. The zero-order chi connectivity index (χ0) is 7.56. The summed E-state index contributed by atoms with van der Waals surface area (Å²) in [5.74, 6) is 0. The molecule has 1 aliphatic rings. The van der Waals surface area contributed by atoms with Gasteiger partial charge in [0.25, 0.3) is 0 Å². The highest BCUT2D eigenvalue weighted by Crippen LogP contribution is 2.10. The topological polar surface area (TPSA) is 78.8 Å². The van der Waals surface area contributed by atoms with Gasteiger partial charge in [-0.25, -0.2) is 4.79 Å². The Morgan fingerprint density at radius 2 is 2.50 bits per heavy atom. The van der Waals surface area contributed by atoms with Crippen LogP contribution in [0.25, 0.3) is 0 Å². The minimum absolute atomic E-state index is 0.134. The van der Waals surface area contributed by atoms with Gasteiger partial charge in [-0.2, -0.15) is 0 Å². The van der Waals surface area contributed by atoms with E-state index in [0.717, 1.165) is 0 Å². The molecule has 1 heterocycles. The molecule has 0 aromatic carbocycles. The quantitative estimate of drug-likeness (QED) is 0.468. The van der Waals surface area contributed by atoms with E-state index in [1.165, 1.54) is 0 Å². The van der Waals surface area contributed by atoms with Gasteiger partial charge in [-0.1, -0.05) is 0 Å². The summed E-state index contributed by atoms with van der Waals surface area (Å²) in [6, 6.07) is -0.234. The molecule has 5 heteroatoms. The summed E-state index contributed by atoms with van der Waals surface area (Å²) in [7, 11) is 0. The van der Waals surface area contributed by atoms with Crippen LogP contribution >= 0.6 is 0 Å². The molecule has 1 rings (SSSR count). The smallest absolute Gasteiger partial charge is 0.405 e. The molecule has 0 spiro atoms. The van der Waals surface area contributed by atoms with Gasteiger partial charge in [0.1, 0.15) is 6.10 Å². The molecule has 0 unspecified atom stereocenters. The van der Waals surface area contributed by atoms with Gasteiger partial charge in [-0.05, 0) is 0 Å². The van der Waals surface area contributed by atoms with Gasteiger partial charge < -0.3 is 20.3 Å². The Hall–Kier alpha value is -0.810. The number of hydrogen-bond donors (Lipinski definition) is 3. The van der Waals surface area contributed by atoms with Gasteiger partial charge in [0.05, 0.1) is 19.3 Å². The zero-order valence-corrected chi connectivity index (χ0v) is 5.28. The lowest BCUT2D eigenvalue weighted by Gasteiger charge is -2.34. The molecule has 0 aromatic rings. The van der Waals surface area contributed by atoms with E-state index in [9.17, 15) is 4.79 Å². The van der Waals surface area contributed by atoms with Gasteiger partial charge in [-0.3, -0.25) is 0 Å². The zero-order valence-electron chi connectivity index (χ0n) is 5.28. The van der Waals surface area contributed by atoms with E-state index in [1.54, 1.807) is 0 Å². The van der Waals surface area contributed by atoms with Crippen LogP contribution < -0.4 is 5.32 Å². The second-order valence-electron chi connectivity index (χ2n) is 2.11. The molecule has 5 nitrogen and oxygen atoms in total. The number of ether oxygens (including phenoxy) is 1. The number of hydrogen-bond acceptors (Lipinski definition) is 3. The maximum atomic E-state index is 10.0. The van der Waals surface area contributed by atoms with Crippen LogP contribution in [0, 0.1) is 0 Å². The third-order valence-electron chi connectivity index (χ3n) is 1.43. The fraction of sp³-hybridized carbons (Fsp3) is 0.800. The summed E-state index contributed by atoms with van der Waals surface area (Å²) in [4.78, 5) is 10.0. The summed E-state index contributed by atoms with van der Waals surface area (Å²) in [5.41, 5.74) is 0. The average molecular weight is 147 g/mol. The van der Waals surface area contributed by atoms with E-state index in [-0.39, 0.29) is 18.8 Å². The van der Waals surface area contributed by atoms with Gasteiger partial charge in [0.2, 0.25) is 0 Å². The van der Waals surface area contributed by atoms with Crippen LogP contribution in [0.3, 0.4) is 0 Å². The first kappa shape index (κ1) is 7.30. The molecule has 1 saturated heterocycles. The van der Waals surface area contributed by atoms with Crippen molar-refractivity contribution in [1.82, 2.24) is 5.32 Å². The minimum Gasteiger partial charge on any atom is -0.465 e. The van der Waals surface area contributed by atoms with Gasteiger partial charge >= 0.3 is 6.09 Å². The van der Waals surface area contributed by atoms with E-state index in [2.05, 4.69) is 5.32 Å². The van der Waals surface area contributed by atoms with Gasteiger partial charge in [0, 0.05) is 0 Å². The Kier molecular flexibility index (Phi) is 2.08. The molecule has 1 fully saturated rings. The third-order valence-corrected chi connectivity index (χ3v) is 1.43. The summed E-state index contributed by atoms with van der Waals surface area (Å²) in [5, 5.41) is 18.9. The Morgan fingerprint density at radius 1 is 1.80 bits per heavy atom. The Balaban J connectivity index is 2.23. The maximum Gasteiger partial charge on any atom is 0.405 e. The summed E-state index contributed by atoms with van der Waals surface area (Å²) < 4.78 is 4.82. The van der Waals surface area contributed by atoms with Gasteiger partial charge in [0.15, 0.2) is 0 Å². The van der Waals surface area contributed by atoms with Crippen molar-refractivity contribution >= 4 is 6.09 Å². The SMILES string of the molecule is O=C(O)N[C@H]1CO[C@@H]1CO. The Labute approximate surface area is 57.6 Å². The van der Waals surface area contributed by atoms with E-state index < -0.39 is 6.09 Å². The largest absolute Gasteiger partial charge is 0.465 e. The van der Waals surface area contributed by atoms with Crippen molar-refractivity contribution in [1.29, 1.82) is 0 Å². The number of aliphatic hydroxyl groups is 1. The first-order chi connectivity index (χ1) is 4.74. The third kappa shape index (κ3) is 1.37. The van der Waals surface area contributed by atoms with Crippen molar-refractivity contribution in [3.63, 3.8) is 0 Å². The number of amides is 1. The van der Waals surface area contributed by atoms with Crippen LogP contribution in [-0.2, 0) is 4.74 Å². The molecule has 0 bridgehead atoms. The number of nitrogens with one attached hydrogen (secondary N) is 1. The van der Waals surface area contributed by atoms with Crippen molar-refractivity contribution in [2.75, 3.05) is 13.2 Å². The molecular formula is C5H9NO4. The predicted molar refractivity (Wildman–Crippen MR) is 31.8 cm³/mol. The van der Waals surface area contributed by atoms with Crippen molar-refractivity contribution in [2.24, 2.45) is 0 Å². The lowest BCUT2D eigenvalue weighted by atomic mass is 10.1. The number of rotatable bonds is 2.